The van der Waals surface area contributed by atoms with Crippen LogP contribution in [0.15, 0.2) is 39.3 Å². The standard InChI is InChI=1S/C10H9NO3/c1-3-5-7-8(6-4-2)14-10(13)11-9(7)12/h3-6H,1-2H2,(H,11,12,13)/b7-5+,8-6+. The van der Waals surface area contributed by atoms with Crippen LogP contribution in [-0.2, 0) is 0 Å². The van der Waals surface area contributed by atoms with Gasteiger partial charge in [0, 0.05) is 0 Å². The lowest BCUT2D eigenvalue weighted by Crippen LogP contribution is -2.44. The molecule has 1 N–H and O–H groups in total. The Morgan fingerprint density at radius 2 is 1.79 bits per heavy atom. The average molecular weight is 191 g/mol. The summed E-state index contributed by atoms with van der Waals surface area (Å²) in [6.45, 7) is 6.90. The lowest BCUT2D eigenvalue weighted by Gasteiger charge is -1.86. The minimum absolute atomic E-state index is 0.175. The smallest absolute Gasteiger partial charge is 0.409 e. The van der Waals surface area contributed by atoms with Crippen molar-refractivity contribution in [3.8, 4) is 0 Å². The topological polar surface area (TPSA) is 63.1 Å². The van der Waals surface area contributed by atoms with E-state index in [4.69, 9.17) is 4.42 Å². The minimum atomic E-state index is -0.788. The second-order valence-corrected chi connectivity index (χ2v) is 2.43. The maximum atomic E-state index is 11.3. The summed E-state index contributed by atoms with van der Waals surface area (Å²) in [7, 11) is 0. The molecule has 0 saturated carbocycles. The molecule has 14 heavy (non-hydrogen) atoms. The van der Waals surface area contributed by atoms with Gasteiger partial charge in [0.05, 0.1) is 5.22 Å². The fourth-order valence-corrected chi connectivity index (χ4v) is 0.959. The molecule has 0 unspecified atom stereocenters. The summed E-state index contributed by atoms with van der Waals surface area (Å²) in [5.41, 5.74) is -0.331. The van der Waals surface area contributed by atoms with Crippen molar-refractivity contribution in [2.75, 3.05) is 0 Å². The van der Waals surface area contributed by atoms with E-state index in [9.17, 15) is 9.59 Å². The molecule has 0 spiro atoms. The molecule has 0 atom stereocenters. The third-order valence-electron chi connectivity index (χ3n) is 1.48. The van der Waals surface area contributed by atoms with Gasteiger partial charge in [-0.15, -0.1) is 0 Å². The number of hydrogen-bond acceptors (Lipinski definition) is 3. The zero-order valence-electron chi connectivity index (χ0n) is 7.45. The van der Waals surface area contributed by atoms with Crippen molar-refractivity contribution in [3.05, 3.63) is 56.8 Å². The highest BCUT2D eigenvalue weighted by atomic mass is 16.4. The fourth-order valence-electron chi connectivity index (χ4n) is 0.959. The largest absolute Gasteiger partial charge is 0.419 e. The summed E-state index contributed by atoms with van der Waals surface area (Å²) in [6, 6.07) is 0. The molecule has 0 fully saturated rings. The molecule has 0 amide bonds. The first-order valence-corrected chi connectivity index (χ1v) is 3.88. The van der Waals surface area contributed by atoms with Crippen LogP contribution in [0, 0.1) is 0 Å². The van der Waals surface area contributed by atoms with Crippen LogP contribution in [0.1, 0.15) is 0 Å². The number of H-pyrrole nitrogens is 1. The number of allylic oxidation sites excluding steroid dienone is 2. The molecule has 1 heterocycles. The minimum Gasteiger partial charge on any atom is -0.409 e. The van der Waals surface area contributed by atoms with Crippen LogP contribution in [0.25, 0.3) is 12.2 Å². The van der Waals surface area contributed by atoms with Crippen LogP contribution in [0.5, 0.6) is 0 Å². The molecule has 0 aliphatic heterocycles. The molecule has 4 nitrogen and oxygen atoms in total. The molecule has 72 valence electrons. The first-order valence-electron chi connectivity index (χ1n) is 3.88. The molecule has 4 heteroatoms. The van der Waals surface area contributed by atoms with Gasteiger partial charge in [0.2, 0.25) is 0 Å². The van der Waals surface area contributed by atoms with E-state index in [0.29, 0.717) is 0 Å². The van der Waals surface area contributed by atoms with Gasteiger partial charge in [0.15, 0.2) is 0 Å². The average Bonchev–Trinajstić information content (AvgIpc) is 2.11. The Morgan fingerprint density at radius 3 is 2.36 bits per heavy atom. The van der Waals surface area contributed by atoms with Crippen LogP contribution < -0.4 is 21.9 Å². The fraction of sp³-hybridized carbons (Fsp3) is 0. The monoisotopic (exact) mass is 191 g/mol. The van der Waals surface area contributed by atoms with E-state index in [-0.39, 0.29) is 10.6 Å². The van der Waals surface area contributed by atoms with Gasteiger partial charge in [-0.3, -0.25) is 9.78 Å². The van der Waals surface area contributed by atoms with Crippen molar-refractivity contribution in [2.45, 2.75) is 0 Å². The summed E-state index contributed by atoms with van der Waals surface area (Å²) < 4.78 is 4.77. The first-order chi connectivity index (χ1) is 6.69. The van der Waals surface area contributed by atoms with E-state index >= 15 is 0 Å². The second-order valence-electron chi connectivity index (χ2n) is 2.43. The number of nitrogens with one attached hydrogen (secondary N) is 1. The third kappa shape index (κ3) is 1.98. The van der Waals surface area contributed by atoms with Crippen LogP contribution in [0.2, 0.25) is 0 Å². The lowest BCUT2D eigenvalue weighted by molar-refractivity contribution is 0.444. The Bertz CT molecular complexity index is 575. The van der Waals surface area contributed by atoms with Gasteiger partial charge in [0.25, 0.3) is 5.56 Å². The van der Waals surface area contributed by atoms with Gasteiger partial charge in [0.1, 0.15) is 5.42 Å². The quantitative estimate of drug-likeness (QED) is 0.669. The van der Waals surface area contributed by atoms with Crippen molar-refractivity contribution in [1.82, 2.24) is 4.98 Å². The van der Waals surface area contributed by atoms with Gasteiger partial charge in [-0.05, 0) is 12.2 Å². The van der Waals surface area contributed by atoms with E-state index in [1.807, 2.05) is 4.98 Å². The Labute approximate surface area is 79.2 Å². The first kappa shape index (κ1) is 9.98. The summed E-state index contributed by atoms with van der Waals surface area (Å²) >= 11 is 0. The normalized spacial score (nSPS) is 12.9. The van der Waals surface area contributed by atoms with Crippen LogP contribution >= 0.6 is 0 Å². The van der Waals surface area contributed by atoms with Crippen LogP contribution in [-0.4, -0.2) is 4.98 Å². The third-order valence-corrected chi connectivity index (χ3v) is 1.48. The summed E-state index contributed by atoms with van der Waals surface area (Å²) in [6.07, 6.45) is 5.76. The van der Waals surface area contributed by atoms with Gasteiger partial charge in [-0.1, -0.05) is 25.3 Å². The van der Waals surface area contributed by atoms with Gasteiger partial charge in [-0.2, -0.15) is 0 Å². The molecule has 1 aromatic rings. The van der Waals surface area contributed by atoms with Crippen molar-refractivity contribution < 1.29 is 4.42 Å². The molecule has 0 bridgehead atoms. The molecular weight excluding hydrogens is 182 g/mol. The molecule has 0 aliphatic rings. The molecule has 1 rings (SSSR count). The number of aromatic nitrogens is 1. The zero-order valence-corrected chi connectivity index (χ0v) is 7.45. The van der Waals surface area contributed by atoms with E-state index in [0.717, 1.165) is 0 Å². The van der Waals surface area contributed by atoms with E-state index < -0.39 is 11.3 Å². The van der Waals surface area contributed by atoms with Gasteiger partial charge >= 0.3 is 5.76 Å². The molecule has 0 aromatic carbocycles. The Hall–Kier alpha value is -2.10. The van der Waals surface area contributed by atoms with Crippen molar-refractivity contribution in [3.63, 3.8) is 0 Å². The van der Waals surface area contributed by atoms with Crippen molar-refractivity contribution in [1.29, 1.82) is 0 Å². The second kappa shape index (κ2) is 4.23. The van der Waals surface area contributed by atoms with E-state index in [2.05, 4.69) is 13.2 Å². The predicted molar refractivity (Wildman–Crippen MR) is 54.2 cm³/mol. The molecule has 1 aromatic heterocycles. The highest BCUT2D eigenvalue weighted by Crippen LogP contribution is 1.63. The SMILES string of the molecule is C=C/C=c1/oc(=O)[nH]c(=O)/c1=C/C=C. The van der Waals surface area contributed by atoms with Crippen molar-refractivity contribution >= 4 is 12.2 Å². The highest BCUT2D eigenvalue weighted by Gasteiger charge is 1.94. The zero-order chi connectivity index (χ0) is 10.6. The van der Waals surface area contributed by atoms with Gasteiger partial charge in [-0.25, -0.2) is 4.79 Å². The highest BCUT2D eigenvalue weighted by molar-refractivity contribution is 5.38. The maximum absolute atomic E-state index is 11.3. The number of rotatable bonds is 2. The summed E-state index contributed by atoms with van der Waals surface area (Å²) in [5, 5.41) is 0.250. The molecule has 0 saturated heterocycles. The number of aromatic amines is 1. The van der Waals surface area contributed by atoms with Crippen molar-refractivity contribution in [2.24, 2.45) is 0 Å². The Morgan fingerprint density at radius 1 is 1.14 bits per heavy atom. The molecular formula is C10H9NO3. The van der Waals surface area contributed by atoms with E-state index in [1.54, 1.807) is 0 Å². The maximum Gasteiger partial charge on any atom is 0.419 e. The Balaban J connectivity index is 3.90. The predicted octanol–water partition coefficient (Wildman–Crippen LogP) is -0.739. The van der Waals surface area contributed by atoms with E-state index in [1.165, 1.54) is 24.3 Å². The Kier molecular flexibility index (Phi) is 3.01. The van der Waals surface area contributed by atoms with Crippen LogP contribution in [0.3, 0.4) is 0 Å². The molecule has 0 aliphatic carbocycles. The summed E-state index contributed by atoms with van der Waals surface area (Å²) in [5.74, 6) is -0.788. The summed E-state index contributed by atoms with van der Waals surface area (Å²) in [4.78, 5) is 24.1. The van der Waals surface area contributed by atoms with Crippen LogP contribution in [0.4, 0.5) is 0 Å². The van der Waals surface area contributed by atoms with Gasteiger partial charge < -0.3 is 4.42 Å². The molecule has 0 radical (unpaired) electrons. The number of hydrogen-bond donors (Lipinski definition) is 1. The lowest BCUT2D eigenvalue weighted by atomic mass is 10.3.